The second-order valence-corrected chi connectivity index (χ2v) is 3.74. The Morgan fingerprint density at radius 3 is 2.78 bits per heavy atom. The maximum absolute atomic E-state index is 11.9. The molecule has 0 aliphatic heterocycles. The lowest BCUT2D eigenvalue weighted by Gasteiger charge is -2.08. The molecule has 0 aliphatic carbocycles. The average Bonchev–Trinajstić information content (AvgIpc) is 2.31. The van der Waals surface area contributed by atoms with Gasteiger partial charge in [0, 0.05) is 13.0 Å². The van der Waals surface area contributed by atoms with E-state index in [-0.39, 0.29) is 18.9 Å². The van der Waals surface area contributed by atoms with Crippen molar-refractivity contribution < 1.29 is 17.9 Å². The minimum Gasteiger partial charge on any atom is -0.477 e. The third-order valence-corrected chi connectivity index (χ3v) is 2.02. The first-order chi connectivity index (χ1) is 8.51. The lowest BCUT2D eigenvalue weighted by molar-refractivity contribution is -0.136. The Hall–Kier alpha value is -1.53. The molecule has 0 saturated heterocycles. The van der Waals surface area contributed by atoms with Crippen LogP contribution in [-0.2, 0) is 0 Å². The predicted octanol–water partition coefficient (Wildman–Crippen LogP) is 3.02. The van der Waals surface area contributed by atoms with E-state index in [2.05, 4.69) is 15.3 Å². The quantitative estimate of drug-likeness (QED) is 0.768. The second kappa shape index (κ2) is 7.03. The first kappa shape index (κ1) is 14.5. The third kappa shape index (κ3) is 6.27. The molecule has 0 radical (unpaired) electrons. The van der Waals surface area contributed by atoms with E-state index >= 15 is 0 Å². The fourth-order valence-electron chi connectivity index (χ4n) is 1.21. The summed E-state index contributed by atoms with van der Waals surface area (Å²) in [5.41, 5.74) is 0. The van der Waals surface area contributed by atoms with E-state index in [1.54, 1.807) is 0 Å². The minimum atomic E-state index is -4.14. The number of ether oxygens (including phenoxy) is 1. The zero-order valence-corrected chi connectivity index (χ0v) is 10.1. The van der Waals surface area contributed by atoms with Gasteiger partial charge < -0.3 is 10.1 Å². The standard InChI is InChI=1S/C11H16F3N3O/c1-2-5-16-9-7-15-8-10(17-9)18-6-3-4-11(12,13)14/h7-8H,2-6H2,1H3,(H,16,17). The molecule has 1 aromatic heterocycles. The van der Waals surface area contributed by atoms with E-state index in [4.69, 9.17) is 4.74 Å². The van der Waals surface area contributed by atoms with Crippen LogP contribution in [0.5, 0.6) is 5.88 Å². The van der Waals surface area contributed by atoms with Gasteiger partial charge in [0.25, 0.3) is 0 Å². The van der Waals surface area contributed by atoms with E-state index < -0.39 is 12.6 Å². The Kier molecular flexibility index (Phi) is 5.67. The fourth-order valence-corrected chi connectivity index (χ4v) is 1.21. The summed E-state index contributed by atoms with van der Waals surface area (Å²) < 4.78 is 40.8. The van der Waals surface area contributed by atoms with E-state index in [0.717, 1.165) is 13.0 Å². The van der Waals surface area contributed by atoms with Crippen molar-refractivity contribution in [3.63, 3.8) is 0 Å². The molecule has 0 saturated carbocycles. The Bertz CT molecular complexity index is 358. The van der Waals surface area contributed by atoms with Gasteiger partial charge in [-0.25, -0.2) is 0 Å². The summed E-state index contributed by atoms with van der Waals surface area (Å²) in [7, 11) is 0. The first-order valence-electron chi connectivity index (χ1n) is 5.76. The molecule has 1 rings (SSSR count). The van der Waals surface area contributed by atoms with Crippen LogP contribution in [0.15, 0.2) is 12.4 Å². The summed E-state index contributed by atoms with van der Waals surface area (Å²) >= 11 is 0. The van der Waals surface area contributed by atoms with Crippen molar-refractivity contribution in [2.45, 2.75) is 32.4 Å². The molecule has 0 aliphatic rings. The highest BCUT2D eigenvalue weighted by atomic mass is 19.4. The van der Waals surface area contributed by atoms with Gasteiger partial charge in [-0.2, -0.15) is 18.2 Å². The van der Waals surface area contributed by atoms with E-state index in [1.807, 2.05) is 6.92 Å². The van der Waals surface area contributed by atoms with Crippen LogP contribution in [0.4, 0.5) is 19.0 Å². The lowest BCUT2D eigenvalue weighted by atomic mass is 10.3. The van der Waals surface area contributed by atoms with Crippen LogP contribution in [0.3, 0.4) is 0 Å². The summed E-state index contributed by atoms with van der Waals surface area (Å²) in [6, 6.07) is 0. The molecular weight excluding hydrogens is 247 g/mol. The van der Waals surface area contributed by atoms with Crippen molar-refractivity contribution in [1.29, 1.82) is 0 Å². The molecule has 0 atom stereocenters. The van der Waals surface area contributed by atoms with Gasteiger partial charge in [-0.1, -0.05) is 6.92 Å². The van der Waals surface area contributed by atoms with Gasteiger partial charge in [0.15, 0.2) is 0 Å². The number of hydrogen-bond acceptors (Lipinski definition) is 4. The predicted molar refractivity (Wildman–Crippen MR) is 61.6 cm³/mol. The van der Waals surface area contributed by atoms with Crippen LogP contribution in [0.25, 0.3) is 0 Å². The summed E-state index contributed by atoms with van der Waals surface area (Å²) in [4.78, 5) is 7.96. The molecule has 0 bridgehead atoms. The van der Waals surface area contributed by atoms with Crippen LogP contribution in [0.2, 0.25) is 0 Å². The maximum atomic E-state index is 11.9. The van der Waals surface area contributed by atoms with Crippen LogP contribution in [-0.4, -0.2) is 29.3 Å². The van der Waals surface area contributed by atoms with Gasteiger partial charge in [0.05, 0.1) is 19.0 Å². The highest BCUT2D eigenvalue weighted by Crippen LogP contribution is 2.21. The molecule has 18 heavy (non-hydrogen) atoms. The van der Waals surface area contributed by atoms with Crippen LogP contribution in [0.1, 0.15) is 26.2 Å². The molecule has 1 N–H and O–H groups in total. The van der Waals surface area contributed by atoms with E-state index in [1.165, 1.54) is 12.4 Å². The number of anilines is 1. The molecule has 0 unspecified atom stereocenters. The van der Waals surface area contributed by atoms with Crippen molar-refractivity contribution in [2.24, 2.45) is 0 Å². The van der Waals surface area contributed by atoms with E-state index in [9.17, 15) is 13.2 Å². The number of hydrogen-bond donors (Lipinski definition) is 1. The van der Waals surface area contributed by atoms with Gasteiger partial charge in [-0.05, 0) is 12.8 Å². The number of nitrogens with zero attached hydrogens (tertiary/aromatic N) is 2. The van der Waals surface area contributed by atoms with Gasteiger partial charge in [0.1, 0.15) is 5.82 Å². The van der Waals surface area contributed by atoms with E-state index in [0.29, 0.717) is 5.82 Å². The SMILES string of the molecule is CCCNc1cncc(OCCCC(F)(F)F)n1. The number of rotatable bonds is 7. The summed E-state index contributed by atoms with van der Waals surface area (Å²) in [6.07, 6.45) is -1.22. The molecule has 0 fully saturated rings. The molecule has 7 heteroatoms. The number of alkyl halides is 3. The van der Waals surface area contributed by atoms with Crippen molar-refractivity contribution in [3.05, 3.63) is 12.4 Å². The van der Waals surface area contributed by atoms with Gasteiger partial charge in [0.2, 0.25) is 5.88 Å². The molecular formula is C11H16F3N3O. The van der Waals surface area contributed by atoms with Gasteiger partial charge in [-0.3, -0.25) is 4.98 Å². The zero-order chi connectivity index (χ0) is 13.4. The lowest BCUT2D eigenvalue weighted by Crippen LogP contribution is -2.10. The molecule has 0 amide bonds. The Morgan fingerprint density at radius 2 is 2.11 bits per heavy atom. The number of aromatic nitrogens is 2. The Morgan fingerprint density at radius 1 is 1.33 bits per heavy atom. The Labute approximate surface area is 104 Å². The van der Waals surface area contributed by atoms with Crippen molar-refractivity contribution in [3.8, 4) is 5.88 Å². The first-order valence-corrected chi connectivity index (χ1v) is 5.76. The van der Waals surface area contributed by atoms with Gasteiger partial charge >= 0.3 is 6.18 Å². The smallest absolute Gasteiger partial charge is 0.389 e. The van der Waals surface area contributed by atoms with Crippen molar-refractivity contribution >= 4 is 5.82 Å². The molecule has 1 aromatic rings. The summed E-state index contributed by atoms with van der Waals surface area (Å²) in [6.45, 7) is 2.75. The summed E-state index contributed by atoms with van der Waals surface area (Å²) in [5.74, 6) is 0.795. The zero-order valence-electron chi connectivity index (χ0n) is 10.1. The topological polar surface area (TPSA) is 47.0 Å². The Balaban J connectivity index is 2.33. The third-order valence-electron chi connectivity index (χ3n) is 2.02. The number of nitrogens with one attached hydrogen (secondary N) is 1. The van der Waals surface area contributed by atoms with Crippen LogP contribution in [0, 0.1) is 0 Å². The normalized spacial score (nSPS) is 11.3. The highest BCUT2D eigenvalue weighted by molar-refractivity contribution is 5.32. The molecule has 0 spiro atoms. The van der Waals surface area contributed by atoms with Crippen LogP contribution >= 0.6 is 0 Å². The second-order valence-electron chi connectivity index (χ2n) is 3.74. The average molecular weight is 263 g/mol. The molecule has 4 nitrogen and oxygen atoms in total. The monoisotopic (exact) mass is 263 g/mol. The van der Waals surface area contributed by atoms with Gasteiger partial charge in [-0.15, -0.1) is 0 Å². The summed E-state index contributed by atoms with van der Waals surface area (Å²) in [5, 5.41) is 3.02. The largest absolute Gasteiger partial charge is 0.477 e. The number of halogens is 3. The minimum absolute atomic E-state index is 0.0224. The molecule has 102 valence electrons. The molecule has 0 aromatic carbocycles. The maximum Gasteiger partial charge on any atom is 0.389 e. The molecule has 1 heterocycles. The fraction of sp³-hybridized carbons (Fsp3) is 0.636. The van der Waals surface area contributed by atoms with Crippen molar-refractivity contribution in [1.82, 2.24) is 9.97 Å². The van der Waals surface area contributed by atoms with Crippen LogP contribution < -0.4 is 10.1 Å². The van der Waals surface area contributed by atoms with Crippen molar-refractivity contribution in [2.75, 3.05) is 18.5 Å². The highest BCUT2D eigenvalue weighted by Gasteiger charge is 2.26.